The molecule has 4 aromatic rings. The number of halogens is 1. The standard InChI is InChI=1S/C34H35FN6O2.CH2O2/c1-23-5-8-30-31(15-23)41(20-28-11-14-42-28)33(37-30)21-39-12-9-26-19-40(13-10-25(26)18-39)32-3-2-4-34(38-32)43-22-27-7-6-24(17-36)16-29(27)35;2-1-3/h2-8,15-16,28H,9-14,18-22H2,1H3;1H,(H,2,3). The molecule has 1 N–H and O–H groups in total. The summed E-state index contributed by atoms with van der Waals surface area (Å²) in [4.78, 5) is 23.0. The van der Waals surface area contributed by atoms with Gasteiger partial charge in [-0.2, -0.15) is 10.2 Å². The number of pyridine rings is 1. The SMILES string of the molecule is Cc1ccc2nc(CN3CCC4=C(CCN(c5cccc(OCc6ccc(C#N)cc6F)n5)C4)C3)n(CC3CCO3)c2c1.O=CO. The van der Waals surface area contributed by atoms with Gasteiger partial charge >= 0.3 is 0 Å². The molecule has 46 heavy (non-hydrogen) atoms. The maximum absolute atomic E-state index is 14.3. The third kappa shape index (κ3) is 7.03. The summed E-state index contributed by atoms with van der Waals surface area (Å²) in [6, 6.07) is 18.6. The Morgan fingerprint density at radius 3 is 2.67 bits per heavy atom. The van der Waals surface area contributed by atoms with Gasteiger partial charge in [-0.05, 0) is 67.7 Å². The van der Waals surface area contributed by atoms with Crippen LogP contribution in [0.1, 0.15) is 41.8 Å². The van der Waals surface area contributed by atoms with Gasteiger partial charge in [-0.1, -0.05) is 23.8 Å². The number of benzene rings is 2. The first-order chi connectivity index (χ1) is 22.4. The number of rotatable bonds is 8. The second kappa shape index (κ2) is 14.1. The molecule has 1 unspecified atom stereocenters. The molecule has 2 aromatic heterocycles. The van der Waals surface area contributed by atoms with Crippen molar-refractivity contribution in [3.63, 3.8) is 0 Å². The Hall–Kier alpha value is -4.79. The monoisotopic (exact) mass is 624 g/mol. The highest BCUT2D eigenvalue weighted by atomic mass is 19.1. The number of anilines is 1. The number of imidazole rings is 1. The molecule has 1 atom stereocenters. The predicted octanol–water partition coefficient (Wildman–Crippen LogP) is 5.23. The Morgan fingerprint density at radius 2 is 1.91 bits per heavy atom. The van der Waals surface area contributed by atoms with E-state index in [2.05, 4.69) is 39.5 Å². The molecular weight excluding hydrogens is 587 g/mol. The van der Waals surface area contributed by atoms with Gasteiger partial charge in [-0.15, -0.1) is 0 Å². The van der Waals surface area contributed by atoms with Crippen molar-refractivity contribution in [2.45, 2.75) is 52.0 Å². The average Bonchev–Trinajstić information content (AvgIpc) is 3.37. The van der Waals surface area contributed by atoms with Gasteiger partial charge in [0.1, 0.15) is 24.1 Å². The zero-order valence-corrected chi connectivity index (χ0v) is 25.9. The molecule has 0 spiro atoms. The van der Waals surface area contributed by atoms with Crippen molar-refractivity contribution in [2.75, 3.05) is 37.7 Å². The third-order valence-electron chi connectivity index (χ3n) is 8.83. The average molecular weight is 625 g/mol. The van der Waals surface area contributed by atoms with E-state index >= 15 is 0 Å². The summed E-state index contributed by atoms with van der Waals surface area (Å²) < 4.78 is 28.3. The molecular formula is C35H37FN6O4. The predicted molar refractivity (Wildman–Crippen MR) is 171 cm³/mol. The molecule has 2 aromatic carbocycles. The fourth-order valence-corrected chi connectivity index (χ4v) is 6.27. The molecule has 0 bridgehead atoms. The van der Waals surface area contributed by atoms with Crippen LogP contribution in [-0.4, -0.2) is 69.9 Å². The van der Waals surface area contributed by atoms with E-state index in [1.165, 1.54) is 28.3 Å². The van der Waals surface area contributed by atoms with Crippen LogP contribution >= 0.6 is 0 Å². The largest absolute Gasteiger partial charge is 0.483 e. The molecule has 0 radical (unpaired) electrons. The summed E-state index contributed by atoms with van der Waals surface area (Å²) in [7, 11) is 0. The van der Waals surface area contributed by atoms with Crippen molar-refractivity contribution in [2.24, 2.45) is 0 Å². The summed E-state index contributed by atoms with van der Waals surface area (Å²) in [5.41, 5.74) is 7.24. The van der Waals surface area contributed by atoms with Gasteiger partial charge in [0.05, 0.1) is 41.9 Å². The number of nitriles is 1. The lowest BCUT2D eigenvalue weighted by Gasteiger charge is -2.38. The zero-order valence-electron chi connectivity index (χ0n) is 25.9. The first-order valence-electron chi connectivity index (χ1n) is 15.5. The van der Waals surface area contributed by atoms with E-state index in [0.717, 1.165) is 82.3 Å². The minimum atomic E-state index is -0.447. The highest BCUT2D eigenvalue weighted by Crippen LogP contribution is 2.31. The van der Waals surface area contributed by atoms with Gasteiger partial charge in [0.25, 0.3) is 6.47 Å². The van der Waals surface area contributed by atoms with E-state index in [9.17, 15) is 4.39 Å². The first kappa shape index (κ1) is 31.2. The number of aromatic nitrogens is 3. The van der Waals surface area contributed by atoms with Gasteiger partial charge in [0, 0.05) is 44.4 Å². The van der Waals surface area contributed by atoms with Crippen LogP contribution in [0.15, 0.2) is 65.7 Å². The van der Waals surface area contributed by atoms with Gasteiger partial charge in [0.2, 0.25) is 5.88 Å². The topological polar surface area (TPSA) is 117 Å². The number of fused-ring (bicyclic) bond motifs is 1. The van der Waals surface area contributed by atoms with E-state index in [1.54, 1.807) is 18.2 Å². The van der Waals surface area contributed by atoms with Crippen LogP contribution in [0.2, 0.25) is 0 Å². The molecule has 1 fully saturated rings. The molecule has 0 aliphatic carbocycles. The van der Waals surface area contributed by atoms with Crippen molar-refractivity contribution in [1.29, 1.82) is 5.26 Å². The Kier molecular flexibility index (Phi) is 9.57. The number of aryl methyl sites for hydroxylation is 1. The number of hydrogen-bond acceptors (Lipinski definition) is 8. The van der Waals surface area contributed by atoms with Gasteiger partial charge in [0.15, 0.2) is 0 Å². The Labute approximate surface area is 267 Å². The third-order valence-corrected chi connectivity index (χ3v) is 8.83. The second-order valence-electron chi connectivity index (χ2n) is 11.9. The fraction of sp³-hybridized carbons (Fsp3) is 0.371. The number of carboxylic acid groups (broad SMARTS) is 1. The molecule has 7 rings (SSSR count). The smallest absolute Gasteiger partial charge is 0.290 e. The summed E-state index contributed by atoms with van der Waals surface area (Å²) >= 11 is 0. The summed E-state index contributed by atoms with van der Waals surface area (Å²) in [6.07, 6.45) is 3.43. The highest BCUT2D eigenvalue weighted by molar-refractivity contribution is 5.77. The number of nitrogens with zero attached hydrogens (tertiary/aromatic N) is 6. The molecule has 10 nitrogen and oxygen atoms in total. The number of ether oxygens (including phenoxy) is 2. The van der Waals surface area contributed by atoms with E-state index in [4.69, 9.17) is 34.6 Å². The summed E-state index contributed by atoms with van der Waals surface area (Å²) in [5.74, 6) is 2.01. The van der Waals surface area contributed by atoms with Gasteiger partial charge in [-0.25, -0.2) is 9.37 Å². The van der Waals surface area contributed by atoms with Crippen LogP contribution in [0.5, 0.6) is 5.88 Å². The molecule has 3 aliphatic rings. The zero-order chi connectivity index (χ0) is 32.0. The maximum Gasteiger partial charge on any atom is 0.290 e. The lowest BCUT2D eigenvalue weighted by molar-refractivity contribution is -0.122. The van der Waals surface area contributed by atoms with Gasteiger partial charge in [-0.3, -0.25) is 9.69 Å². The second-order valence-corrected chi connectivity index (χ2v) is 11.9. The molecule has 5 heterocycles. The lowest BCUT2D eigenvalue weighted by atomic mass is 9.93. The Morgan fingerprint density at radius 1 is 1.11 bits per heavy atom. The normalized spacial score (nSPS) is 17.8. The molecule has 1 saturated heterocycles. The van der Waals surface area contributed by atoms with Crippen LogP contribution in [0.4, 0.5) is 10.2 Å². The molecule has 238 valence electrons. The Balaban J connectivity index is 0.00000119. The van der Waals surface area contributed by atoms with Crippen molar-refractivity contribution in [3.05, 3.63) is 94.1 Å². The van der Waals surface area contributed by atoms with E-state index in [1.807, 2.05) is 18.2 Å². The summed E-state index contributed by atoms with van der Waals surface area (Å²) in [6.45, 7) is 8.23. The molecule has 11 heteroatoms. The fourth-order valence-electron chi connectivity index (χ4n) is 6.27. The molecule has 0 saturated carbocycles. The minimum Gasteiger partial charge on any atom is -0.483 e. The maximum atomic E-state index is 14.3. The summed E-state index contributed by atoms with van der Waals surface area (Å²) in [5, 5.41) is 15.9. The molecule has 0 amide bonds. The Bertz CT molecular complexity index is 1790. The minimum absolute atomic E-state index is 0.0558. The van der Waals surface area contributed by atoms with E-state index < -0.39 is 5.82 Å². The van der Waals surface area contributed by atoms with Crippen LogP contribution in [0, 0.1) is 24.1 Å². The lowest BCUT2D eigenvalue weighted by Crippen LogP contribution is -2.40. The molecule has 3 aliphatic heterocycles. The van der Waals surface area contributed by atoms with E-state index in [-0.39, 0.29) is 19.2 Å². The van der Waals surface area contributed by atoms with Crippen molar-refractivity contribution in [3.8, 4) is 11.9 Å². The van der Waals surface area contributed by atoms with E-state index in [0.29, 0.717) is 17.0 Å². The quantitative estimate of drug-likeness (QED) is 0.208. The van der Waals surface area contributed by atoms with Crippen LogP contribution in [0.3, 0.4) is 0 Å². The van der Waals surface area contributed by atoms with Gasteiger partial charge < -0.3 is 24.0 Å². The first-order valence-corrected chi connectivity index (χ1v) is 15.5. The number of carbonyl (C=O) groups is 1. The van der Waals surface area contributed by atoms with Crippen molar-refractivity contribution < 1.29 is 23.8 Å². The van der Waals surface area contributed by atoms with Crippen LogP contribution in [-0.2, 0) is 29.2 Å². The van der Waals surface area contributed by atoms with Crippen LogP contribution in [0.25, 0.3) is 11.0 Å². The van der Waals surface area contributed by atoms with Crippen LogP contribution < -0.4 is 9.64 Å². The van der Waals surface area contributed by atoms with Crippen molar-refractivity contribution >= 4 is 23.3 Å². The number of hydrogen-bond donors (Lipinski definition) is 1. The highest BCUT2D eigenvalue weighted by Gasteiger charge is 2.28. The van der Waals surface area contributed by atoms with Crippen molar-refractivity contribution in [1.82, 2.24) is 19.4 Å².